The highest BCUT2D eigenvalue weighted by Gasteiger charge is 2.37. The van der Waals surface area contributed by atoms with Crippen molar-refractivity contribution in [2.45, 2.75) is 59.4 Å². The lowest BCUT2D eigenvalue weighted by Gasteiger charge is -2.43. The summed E-state index contributed by atoms with van der Waals surface area (Å²) in [6.45, 7) is 8.93. The van der Waals surface area contributed by atoms with E-state index in [2.05, 4.69) is 20.8 Å². The first-order chi connectivity index (χ1) is 9.29. The molecule has 0 spiro atoms. The van der Waals surface area contributed by atoms with Gasteiger partial charge in [0.1, 0.15) is 5.82 Å². The van der Waals surface area contributed by atoms with Crippen LogP contribution in [-0.4, -0.2) is 6.04 Å². The van der Waals surface area contributed by atoms with Gasteiger partial charge in [0, 0.05) is 6.04 Å². The van der Waals surface area contributed by atoms with Crippen molar-refractivity contribution in [3.05, 3.63) is 35.1 Å². The molecule has 0 radical (unpaired) electrons. The molecule has 3 unspecified atom stereocenters. The Morgan fingerprint density at radius 1 is 1.30 bits per heavy atom. The minimum Gasteiger partial charge on any atom is -0.327 e. The topological polar surface area (TPSA) is 26.0 Å². The van der Waals surface area contributed by atoms with E-state index in [0.29, 0.717) is 12.0 Å². The van der Waals surface area contributed by atoms with Gasteiger partial charge in [-0.3, -0.25) is 0 Å². The summed E-state index contributed by atoms with van der Waals surface area (Å²) in [7, 11) is 0. The van der Waals surface area contributed by atoms with Crippen LogP contribution in [0.1, 0.15) is 51.2 Å². The van der Waals surface area contributed by atoms with Gasteiger partial charge in [-0.05, 0) is 66.7 Å². The van der Waals surface area contributed by atoms with E-state index in [0.717, 1.165) is 24.3 Å². The van der Waals surface area contributed by atoms with Crippen molar-refractivity contribution in [2.75, 3.05) is 0 Å². The van der Waals surface area contributed by atoms with Gasteiger partial charge in [-0.2, -0.15) is 0 Å². The van der Waals surface area contributed by atoms with E-state index in [1.165, 1.54) is 18.4 Å². The van der Waals surface area contributed by atoms with E-state index in [-0.39, 0.29) is 11.2 Å². The van der Waals surface area contributed by atoms with E-state index in [1.54, 1.807) is 12.1 Å². The monoisotopic (exact) mass is 277 g/mol. The van der Waals surface area contributed by atoms with Gasteiger partial charge >= 0.3 is 0 Å². The second kappa shape index (κ2) is 5.85. The number of aryl methyl sites for hydroxylation is 1. The molecule has 1 aliphatic rings. The molecule has 112 valence electrons. The third-order valence-electron chi connectivity index (χ3n) is 5.12. The van der Waals surface area contributed by atoms with Crippen molar-refractivity contribution in [2.24, 2.45) is 23.0 Å². The van der Waals surface area contributed by atoms with Crippen LogP contribution in [0.2, 0.25) is 0 Å². The van der Waals surface area contributed by atoms with Crippen LogP contribution in [-0.2, 0) is 6.42 Å². The highest BCUT2D eigenvalue weighted by atomic mass is 19.1. The number of hydrogen-bond donors (Lipinski definition) is 1. The van der Waals surface area contributed by atoms with Gasteiger partial charge in [0.2, 0.25) is 0 Å². The Kier molecular flexibility index (Phi) is 4.53. The van der Waals surface area contributed by atoms with Crippen LogP contribution < -0.4 is 5.73 Å². The van der Waals surface area contributed by atoms with E-state index in [9.17, 15) is 4.39 Å². The summed E-state index contributed by atoms with van der Waals surface area (Å²) in [5, 5.41) is 0. The Morgan fingerprint density at radius 3 is 2.60 bits per heavy atom. The Hall–Kier alpha value is -0.890. The van der Waals surface area contributed by atoms with Gasteiger partial charge in [0.25, 0.3) is 0 Å². The van der Waals surface area contributed by atoms with Crippen LogP contribution in [0.15, 0.2) is 18.2 Å². The predicted molar refractivity (Wildman–Crippen MR) is 83.1 cm³/mol. The van der Waals surface area contributed by atoms with Crippen LogP contribution in [0.25, 0.3) is 0 Å². The molecule has 1 fully saturated rings. The van der Waals surface area contributed by atoms with Crippen LogP contribution in [0.3, 0.4) is 0 Å². The van der Waals surface area contributed by atoms with Gasteiger partial charge in [0.15, 0.2) is 0 Å². The summed E-state index contributed by atoms with van der Waals surface area (Å²) in [6.07, 6.45) is 4.61. The zero-order valence-electron chi connectivity index (χ0n) is 13.2. The molecular weight excluding hydrogens is 249 g/mol. The Bertz CT molecular complexity index is 466. The standard InChI is InChI=1S/C18H28FN/c1-12-5-8-16(17(20)9-12)18(3,4)11-14-6-7-15(19)10-13(14)2/h6-7,10,12,16-17H,5,8-9,11,20H2,1-4H3. The van der Waals surface area contributed by atoms with E-state index in [1.807, 2.05) is 13.0 Å². The fourth-order valence-electron chi connectivity index (χ4n) is 3.87. The number of rotatable bonds is 3. The minimum atomic E-state index is -0.146. The van der Waals surface area contributed by atoms with Crippen molar-refractivity contribution in [3.63, 3.8) is 0 Å². The Morgan fingerprint density at radius 2 is 2.00 bits per heavy atom. The fraction of sp³-hybridized carbons (Fsp3) is 0.667. The summed E-state index contributed by atoms with van der Waals surface area (Å²) in [4.78, 5) is 0. The zero-order chi connectivity index (χ0) is 14.9. The van der Waals surface area contributed by atoms with Crippen molar-refractivity contribution < 1.29 is 4.39 Å². The molecule has 0 heterocycles. The molecule has 0 saturated heterocycles. The smallest absolute Gasteiger partial charge is 0.123 e. The van der Waals surface area contributed by atoms with Crippen LogP contribution in [0.4, 0.5) is 4.39 Å². The molecule has 0 aromatic heterocycles. The highest BCUT2D eigenvalue weighted by Crippen LogP contribution is 2.41. The predicted octanol–water partition coefficient (Wildman–Crippen LogP) is 4.47. The third kappa shape index (κ3) is 3.41. The average molecular weight is 277 g/mol. The van der Waals surface area contributed by atoms with Crippen molar-refractivity contribution in [1.29, 1.82) is 0 Å². The molecule has 0 amide bonds. The average Bonchev–Trinajstić information content (AvgIpc) is 2.32. The molecule has 2 rings (SSSR count). The molecule has 2 N–H and O–H groups in total. The Balaban J connectivity index is 2.14. The molecule has 1 aliphatic carbocycles. The van der Waals surface area contributed by atoms with E-state index >= 15 is 0 Å². The number of benzene rings is 1. The summed E-state index contributed by atoms with van der Waals surface area (Å²) >= 11 is 0. The molecule has 1 nitrogen and oxygen atoms in total. The molecule has 0 bridgehead atoms. The normalized spacial score (nSPS) is 27.6. The molecule has 20 heavy (non-hydrogen) atoms. The van der Waals surface area contributed by atoms with Crippen molar-refractivity contribution in [1.82, 2.24) is 0 Å². The largest absolute Gasteiger partial charge is 0.327 e. The summed E-state index contributed by atoms with van der Waals surface area (Å²) in [5.74, 6) is 1.17. The van der Waals surface area contributed by atoms with Gasteiger partial charge in [0.05, 0.1) is 0 Å². The van der Waals surface area contributed by atoms with Crippen molar-refractivity contribution in [3.8, 4) is 0 Å². The van der Waals surface area contributed by atoms with Crippen LogP contribution in [0.5, 0.6) is 0 Å². The van der Waals surface area contributed by atoms with Crippen LogP contribution >= 0.6 is 0 Å². The Labute approximate surface area is 122 Å². The molecule has 2 heteroatoms. The quantitative estimate of drug-likeness (QED) is 0.867. The lowest BCUT2D eigenvalue weighted by molar-refractivity contribution is 0.113. The fourth-order valence-corrected chi connectivity index (χ4v) is 3.87. The lowest BCUT2D eigenvalue weighted by atomic mass is 9.64. The van der Waals surface area contributed by atoms with Crippen LogP contribution in [0, 0.1) is 30.0 Å². The number of nitrogens with two attached hydrogens (primary N) is 1. The first-order valence-electron chi connectivity index (χ1n) is 7.80. The zero-order valence-corrected chi connectivity index (χ0v) is 13.2. The maximum atomic E-state index is 13.2. The van der Waals surface area contributed by atoms with Gasteiger partial charge in [-0.15, -0.1) is 0 Å². The molecule has 1 aromatic rings. The molecule has 1 aromatic carbocycles. The van der Waals surface area contributed by atoms with Gasteiger partial charge < -0.3 is 5.73 Å². The molecule has 1 saturated carbocycles. The lowest BCUT2D eigenvalue weighted by Crippen LogP contribution is -2.44. The minimum absolute atomic E-state index is 0.146. The number of halogens is 1. The second-order valence-corrected chi connectivity index (χ2v) is 7.42. The van der Waals surface area contributed by atoms with Gasteiger partial charge in [-0.25, -0.2) is 4.39 Å². The summed E-state index contributed by atoms with van der Waals surface area (Å²) in [5.41, 5.74) is 8.88. The summed E-state index contributed by atoms with van der Waals surface area (Å²) < 4.78 is 13.2. The second-order valence-electron chi connectivity index (χ2n) is 7.42. The van der Waals surface area contributed by atoms with Gasteiger partial charge in [-0.1, -0.05) is 33.3 Å². The van der Waals surface area contributed by atoms with Crippen molar-refractivity contribution >= 4 is 0 Å². The third-order valence-corrected chi connectivity index (χ3v) is 5.12. The first-order valence-corrected chi connectivity index (χ1v) is 7.80. The van der Waals surface area contributed by atoms with E-state index in [4.69, 9.17) is 5.73 Å². The summed E-state index contributed by atoms with van der Waals surface area (Å²) in [6, 6.07) is 5.44. The number of hydrogen-bond acceptors (Lipinski definition) is 1. The SMILES string of the molecule is Cc1cc(F)ccc1CC(C)(C)C1CCC(C)CC1N. The first kappa shape index (κ1) is 15.5. The van der Waals surface area contributed by atoms with E-state index < -0.39 is 0 Å². The molecular formula is C18H28FN. The maximum absolute atomic E-state index is 13.2. The maximum Gasteiger partial charge on any atom is 0.123 e. The molecule has 0 aliphatic heterocycles. The molecule has 3 atom stereocenters. The highest BCUT2D eigenvalue weighted by molar-refractivity contribution is 5.27.